The maximum absolute atomic E-state index is 12.2. The van der Waals surface area contributed by atoms with Gasteiger partial charge in [-0.15, -0.1) is 0 Å². The molecule has 2 amide bonds. The minimum atomic E-state index is -3.89. The molecule has 1 aliphatic rings. The summed E-state index contributed by atoms with van der Waals surface area (Å²) in [5.41, 5.74) is 0.638. The van der Waals surface area contributed by atoms with E-state index in [4.69, 9.17) is 0 Å². The van der Waals surface area contributed by atoms with Crippen molar-refractivity contribution >= 4 is 33.5 Å². The molecule has 2 rings (SSSR count). The Bertz CT molecular complexity index is 776. The number of benzene rings is 1. The first-order valence-corrected chi connectivity index (χ1v) is 9.64. The maximum atomic E-state index is 12.2. The first-order chi connectivity index (χ1) is 12.3. The van der Waals surface area contributed by atoms with E-state index >= 15 is 0 Å². The quantitative estimate of drug-likeness (QED) is 0.598. The van der Waals surface area contributed by atoms with Gasteiger partial charge in [0.25, 0.3) is 0 Å². The summed E-state index contributed by atoms with van der Waals surface area (Å²) >= 11 is 0. The van der Waals surface area contributed by atoms with Crippen LogP contribution in [-0.4, -0.2) is 52.4 Å². The van der Waals surface area contributed by atoms with Crippen molar-refractivity contribution in [1.82, 2.24) is 10.0 Å². The first kappa shape index (κ1) is 19.9. The molecule has 1 fully saturated rings. The van der Waals surface area contributed by atoms with Gasteiger partial charge in [0, 0.05) is 18.7 Å². The second kappa shape index (κ2) is 8.77. The Morgan fingerprint density at radius 2 is 1.88 bits per heavy atom. The number of hydrogen-bond donors (Lipinski definition) is 2. The van der Waals surface area contributed by atoms with Gasteiger partial charge in [-0.25, -0.2) is 13.1 Å². The summed E-state index contributed by atoms with van der Waals surface area (Å²) in [5.74, 6) is -1.24. The highest BCUT2D eigenvalue weighted by atomic mass is 32.2. The number of esters is 1. The van der Waals surface area contributed by atoms with Gasteiger partial charge in [0.1, 0.15) is 6.54 Å². The number of rotatable bonds is 8. The number of nitrogens with zero attached hydrogens (tertiary/aromatic N) is 1. The summed E-state index contributed by atoms with van der Waals surface area (Å²) in [7, 11) is -3.89. The van der Waals surface area contributed by atoms with E-state index in [1.54, 1.807) is 24.0 Å². The zero-order chi connectivity index (χ0) is 19.2. The van der Waals surface area contributed by atoms with Crippen molar-refractivity contribution in [3.8, 4) is 0 Å². The number of nitrogens with one attached hydrogen (secondary N) is 2. The highest BCUT2D eigenvalue weighted by Crippen LogP contribution is 2.22. The van der Waals surface area contributed by atoms with Crippen LogP contribution >= 0.6 is 0 Å². The van der Waals surface area contributed by atoms with Crippen molar-refractivity contribution < 1.29 is 27.5 Å². The lowest BCUT2D eigenvalue weighted by Gasteiger charge is -2.16. The lowest BCUT2D eigenvalue weighted by Crippen LogP contribution is -2.39. The summed E-state index contributed by atoms with van der Waals surface area (Å²) in [6, 6.07) is 5.86. The molecule has 0 unspecified atom stereocenters. The molecule has 10 heteroatoms. The maximum Gasteiger partial charge on any atom is 0.325 e. The Morgan fingerprint density at radius 1 is 1.19 bits per heavy atom. The van der Waals surface area contributed by atoms with Crippen LogP contribution in [0, 0.1) is 0 Å². The Morgan fingerprint density at radius 3 is 2.46 bits per heavy atom. The lowest BCUT2D eigenvalue weighted by molar-refractivity contribution is -0.143. The summed E-state index contributed by atoms with van der Waals surface area (Å²) < 4.78 is 31.2. The highest BCUT2D eigenvalue weighted by Gasteiger charge is 2.22. The number of anilines is 1. The first-order valence-electron chi connectivity index (χ1n) is 8.16. The third kappa shape index (κ3) is 5.27. The van der Waals surface area contributed by atoms with Gasteiger partial charge in [0.15, 0.2) is 0 Å². The van der Waals surface area contributed by atoms with Crippen LogP contribution in [0.15, 0.2) is 29.2 Å². The van der Waals surface area contributed by atoms with Crippen LogP contribution in [0.1, 0.15) is 19.8 Å². The van der Waals surface area contributed by atoms with Gasteiger partial charge in [-0.05, 0) is 37.6 Å². The fourth-order valence-corrected chi connectivity index (χ4v) is 3.40. The predicted molar refractivity (Wildman–Crippen MR) is 92.9 cm³/mol. The molecule has 0 aromatic heterocycles. The number of hydrogen-bond acceptors (Lipinski definition) is 6. The molecule has 1 aromatic carbocycles. The monoisotopic (exact) mass is 383 g/mol. The molecule has 2 N–H and O–H groups in total. The van der Waals surface area contributed by atoms with Gasteiger partial charge in [-0.3, -0.25) is 14.4 Å². The van der Waals surface area contributed by atoms with E-state index in [-0.39, 0.29) is 24.0 Å². The van der Waals surface area contributed by atoms with E-state index in [1.165, 1.54) is 12.1 Å². The molecule has 26 heavy (non-hydrogen) atoms. The molecule has 0 aliphatic carbocycles. The molecule has 0 saturated carbocycles. The normalized spacial score (nSPS) is 14.3. The molecule has 0 atom stereocenters. The van der Waals surface area contributed by atoms with E-state index in [9.17, 15) is 22.8 Å². The summed E-state index contributed by atoms with van der Waals surface area (Å²) in [5, 5.41) is 2.26. The van der Waals surface area contributed by atoms with Gasteiger partial charge in [0.2, 0.25) is 21.8 Å². The molecule has 0 radical (unpaired) electrons. The Kier molecular flexibility index (Phi) is 6.70. The number of ether oxygens (including phenoxy) is 1. The zero-order valence-corrected chi connectivity index (χ0v) is 15.2. The van der Waals surface area contributed by atoms with Gasteiger partial charge < -0.3 is 15.0 Å². The number of carbonyl (C=O) groups is 3. The van der Waals surface area contributed by atoms with Crippen LogP contribution in [0.2, 0.25) is 0 Å². The largest absolute Gasteiger partial charge is 0.465 e. The van der Waals surface area contributed by atoms with Crippen molar-refractivity contribution in [2.75, 3.05) is 31.1 Å². The minimum Gasteiger partial charge on any atom is -0.465 e. The Labute approximate surface area is 151 Å². The predicted octanol–water partition coefficient (Wildman–Crippen LogP) is -0.229. The van der Waals surface area contributed by atoms with E-state index in [1.807, 2.05) is 0 Å². The molecular formula is C16H21N3O6S. The van der Waals surface area contributed by atoms with Crippen molar-refractivity contribution in [2.24, 2.45) is 0 Å². The van der Waals surface area contributed by atoms with Crippen LogP contribution < -0.4 is 14.9 Å². The molecule has 1 aromatic rings. The fourth-order valence-electron chi connectivity index (χ4n) is 2.42. The molecular weight excluding hydrogens is 362 g/mol. The number of amides is 2. The fraction of sp³-hybridized carbons (Fsp3) is 0.438. The SMILES string of the molecule is CCOC(=O)CNC(=O)CNS(=O)(=O)c1ccc(N2CCCC2=O)cc1. The Balaban J connectivity index is 1.90. The molecule has 1 heterocycles. The highest BCUT2D eigenvalue weighted by molar-refractivity contribution is 7.89. The number of sulfonamides is 1. The minimum absolute atomic E-state index is 0.0111. The smallest absolute Gasteiger partial charge is 0.325 e. The average Bonchev–Trinajstić information content (AvgIpc) is 3.04. The van der Waals surface area contributed by atoms with E-state index in [0.717, 1.165) is 6.42 Å². The number of carbonyl (C=O) groups excluding carboxylic acids is 3. The molecule has 0 bridgehead atoms. The topological polar surface area (TPSA) is 122 Å². The summed E-state index contributed by atoms with van der Waals surface area (Å²) in [4.78, 5) is 36.0. The van der Waals surface area contributed by atoms with E-state index < -0.39 is 28.4 Å². The van der Waals surface area contributed by atoms with Gasteiger partial charge >= 0.3 is 5.97 Å². The van der Waals surface area contributed by atoms with Crippen LogP contribution in [0.5, 0.6) is 0 Å². The molecule has 1 saturated heterocycles. The van der Waals surface area contributed by atoms with Crippen molar-refractivity contribution in [2.45, 2.75) is 24.7 Å². The molecule has 142 valence electrons. The average molecular weight is 383 g/mol. The van der Waals surface area contributed by atoms with E-state index in [0.29, 0.717) is 18.7 Å². The van der Waals surface area contributed by atoms with E-state index in [2.05, 4.69) is 14.8 Å². The lowest BCUT2D eigenvalue weighted by atomic mass is 10.3. The summed E-state index contributed by atoms with van der Waals surface area (Å²) in [6.45, 7) is 1.62. The molecule has 1 aliphatic heterocycles. The van der Waals surface area contributed by atoms with Gasteiger partial charge in [0.05, 0.1) is 18.0 Å². The molecule has 9 nitrogen and oxygen atoms in total. The summed E-state index contributed by atoms with van der Waals surface area (Å²) in [6.07, 6.45) is 1.27. The third-order valence-corrected chi connectivity index (χ3v) is 5.11. The van der Waals surface area contributed by atoms with Gasteiger partial charge in [-0.1, -0.05) is 0 Å². The second-order valence-electron chi connectivity index (χ2n) is 5.55. The van der Waals surface area contributed by atoms with Crippen molar-refractivity contribution in [3.63, 3.8) is 0 Å². The second-order valence-corrected chi connectivity index (χ2v) is 7.32. The van der Waals surface area contributed by atoms with Crippen LogP contribution in [-0.2, 0) is 29.1 Å². The van der Waals surface area contributed by atoms with Gasteiger partial charge in [-0.2, -0.15) is 0 Å². The van der Waals surface area contributed by atoms with Crippen LogP contribution in [0.4, 0.5) is 5.69 Å². The van der Waals surface area contributed by atoms with Crippen LogP contribution in [0.3, 0.4) is 0 Å². The van der Waals surface area contributed by atoms with Crippen LogP contribution in [0.25, 0.3) is 0 Å². The van der Waals surface area contributed by atoms with Crippen molar-refractivity contribution in [1.29, 1.82) is 0 Å². The van der Waals surface area contributed by atoms with Crippen molar-refractivity contribution in [3.05, 3.63) is 24.3 Å². The molecule has 0 spiro atoms. The Hall–Kier alpha value is -2.46. The standard InChI is InChI=1S/C16H21N3O6S/c1-2-25-16(22)11-17-14(20)10-18-26(23,24)13-7-5-12(6-8-13)19-9-3-4-15(19)21/h5-8,18H,2-4,9-11H2,1H3,(H,17,20). The third-order valence-electron chi connectivity index (χ3n) is 3.69. The zero-order valence-electron chi connectivity index (χ0n) is 14.4.